The Kier molecular flexibility index (Phi) is 17.4. The first kappa shape index (κ1) is 46.4. The second-order valence-electron chi connectivity index (χ2n) is 15.5. The molecule has 0 radical (unpaired) electrons. The molecular formula is C40H58N10O11. The number of fused-ring (bicyclic) bond motifs is 1. The van der Waals surface area contributed by atoms with Gasteiger partial charge in [-0.1, -0.05) is 6.07 Å². The number of amides is 3. The van der Waals surface area contributed by atoms with E-state index in [1.165, 1.54) is 13.3 Å². The van der Waals surface area contributed by atoms with Gasteiger partial charge in [0, 0.05) is 103 Å². The van der Waals surface area contributed by atoms with Crippen molar-refractivity contribution in [3.63, 3.8) is 0 Å². The van der Waals surface area contributed by atoms with Crippen LogP contribution < -0.4 is 15.4 Å². The highest BCUT2D eigenvalue weighted by molar-refractivity contribution is 5.79. The highest BCUT2D eigenvalue weighted by Crippen LogP contribution is 2.29. The highest BCUT2D eigenvalue weighted by atomic mass is 16.5. The molecule has 21 heteroatoms. The number of rotatable bonds is 19. The lowest BCUT2D eigenvalue weighted by atomic mass is 10.0. The summed E-state index contributed by atoms with van der Waals surface area (Å²) < 4.78 is 5.13. The van der Waals surface area contributed by atoms with Crippen molar-refractivity contribution in [2.75, 3.05) is 117 Å². The summed E-state index contributed by atoms with van der Waals surface area (Å²) in [4.78, 5) is 93.3. The smallest absolute Gasteiger partial charge is 0.320 e. The van der Waals surface area contributed by atoms with Crippen LogP contribution in [0, 0.1) is 0 Å². The van der Waals surface area contributed by atoms with Gasteiger partial charge in [-0.25, -0.2) is 14.8 Å². The van der Waals surface area contributed by atoms with Crippen molar-refractivity contribution in [1.82, 2.24) is 44.7 Å². The van der Waals surface area contributed by atoms with E-state index in [1.807, 2.05) is 4.90 Å². The monoisotopic (exact) mass is 854 g/mol. The SMILES string of the molecule is COc1ccc([C@H](CC(=O)O)N2CCN(CCCc3nc4c(cc3CNC(=O)CN3CCN(CC(=O)O)CCN(CC(=O)O)CCN(CC(=O)O)CC3)CCCN4)C2=O)cn1. The van der Waals surface area contributed by atoms with Gasteiger partial charge in [0.2, 0.25) is 11.8 Å². The maximum atomic E-state index is 13.6. The van der Waals surface area contributed by atoms with Crippen molar-refractivity contribution in [3.8, 4) is 5.88 Å². The van der Waals surface area contributed by atoms with E-state index in [2.05, 4.69) is 21.7 Å². The molecule has 5 heterocycles. The van der Waals surface area contributed by atoms with E-state index in [0.717, 1.165) is 42.0 Å². The predicted molar refractivity (Wildman–Crippen MR) is 219 cm³/mol. The molecule has 3 aliphatic rings. The molecule has 0 spiro atoms. The van der Waals surface area contributed by atoms with Gasteiger partial charge in [0.05, 0.1) is 45.8 Å². The fraction of sp³-hybridized carbons (Fsp3) is 0.600. The standard InChI is InChI=1S/C40H58N10O11/c1-61-34-7-6-29(22-43-34)32(21-35(52)53)50-19-18-49(40(50)60)9-3-5-31-30(20-28-4-2-8-41-39(28)44-31)23-42-33(51)24-45-10-12-46(25-36(54)55)14-16-48(27-38(58)59)17-15-47(13-11-45)26-37(56)57/h6-7,20,22,32H,2-5,8-19,21,23-27H2,1H3,(H,41,44)(H,42,51)(H,52,53)(H,54,55)(H,56,57)(H,58,59)/t32-/m0/s1. The molecule has 3 amide bonds. The first-order chi connectivity index (χ1) is 29.3. The molecule has 0 unspecified atom stereocenters. The zero-order valence-corrected chi connectivity index (χ0v) is 34.7. The summed E-state index contributed by atoms with van der Waals surface area (Å²) in [6.45, 7) is 3.72. The molecule has 6 N–H and O–H groups in total. The number of hydrogen-bond acceptors (Lipinski definition) is 14. The lowest BCUT2D eigenvalue weighted by Crippen LogP contribution is -2.49. The Hall–Kier alpha value is -5.64. The number of carbonyl (C=O) groups is 6. The molecule has 5 rings (SSSR count). The lowest BCUT2D eigenvalue weighted by Gasteiger charge is -2.32. The molecule has 2 fully saturated rings. The van der Waals surface area contributed by atoms with Crippen molar-refractivity contribution in [1.29, 1.82) is 0 Å². The van der Waals surface area contributed by atoms with Crippen molar-refractivity contribution in [2.45, 2.75) is 44.7 Å². The number of pyridine rings is 2. The number of urea groups is 1. The minimum Gasteiger partial charge on any atom is -0.481 e. The third-order valence-corrected chi connectivity index (χ3v) is 11.1. The van der Waals surface area contributed by atoms with Crippen molar-refractivity contribution in [3.05, 3.63) is 46.8 Å². The van der Waals surface area contributed by atoms with Crippen LogP contribution in [-0.4, -0.2) is 207 Å². The fourth-order valence-corrected chi connectivity index (χ4v) is 7.90. The van der Waals surface area contributed by atoms with Gasteiger partial charge in [-0.05, 0) is 48.4 Å². The number of carbonyl (C=O) groups excluding carboxylic acids is 2. The van der Waals surface area contributed by atoms with Crippen molar-refractivity contribution < 1.29 is 53.9 Å². The molecule has 2 aromatic heterocycles. The summed E-state index contributed by atoms with van der Waals surface area (Å²) in [5, 5.41) is 44.6. The quantitative estimate of drug-likeness (QED) is 0.107. The number of carboxylic acid groups (broad SMARTS) is 4. The average molecular weight is 855 g/mol. The minimum atomic E-state index is -1.03. The summed E-state index contributed by atoms with van der Waals surface area (Å²) in [5.74, 6) is -3.22. The average Bonchev–Trinajstić information content (AvgIpc) is 3.58. The molecule has 61 heavy (non-hydrogen) atoms. The van der Waals surface area contributed by atoms with Crippen LogP contribution in [-0.2, 0) is 43.4 Å². The molecule has 1 atom stereocenters. The first-order valence-corrected chi connectivity index (χ1v) is 20.6. The summed E-state index contributed by atoms with van der Waals surface area (Å²) in [6, 6.07) is 4.47. The van der Waals surface area contributed by atoms with Crippen LogP contribution in [0.2, 0.25) is 0 Å². The summed E-state index contributed by atoms with van der Waals surface area (Å²) >= 11 is 0. The van der Waals surface area contributed by atoms with Crippen LogP contribution in [0.1, 0.15) is 47.7 Å². The van der Waals surface area contributed by atoms with E-state index in [1.54, 1.807) is 36.6 Å². The molecule has 21 nitrogen and oxygen atoms in total. The van der Waals surface area contributed by atoms with E-state index in [4.69, 9.17) is 9.72 Å². The zero-order chi connectivity index (χ0) is 43.9. The third kappa shape index (κ3) is 14.5. The number of aryl methyl sites for hydroxylation is 2. The summed E-state index contributed by atoms with van der Waals surface area (Å²) in [7, 11) is 1.49. The summed E-state index contributed by atoms with van der Waals surface area (Å²) in [5.41, 5.74) is 3.27. The van der Waals surface area contributed by atoms with Crippen molar-refractivity contribution in [2.24, 2.45) is 0 Å². The first-order valence-electron chi connectivity index (χ1n) is 20.6. The Morgan fingerprint density at radius 2 is 1.39 bits per heavy atom. The molecular weight excluding hydrogens is 796 g/mol. The topological polar surface area (TPSA) is 262 Å². The molecule has 0 aromatic carbocycles. The maximum absolute atomic E-state index is 13.6. The number of anilines is 1. The second-order valence-corrected chi connectivity index (χ2v) is 15.5. The van der Waals surface area contributed by atoms with Gasteiger partial charge in [-0.3, -0.25) is 43.6 Å². The number of aliphatic carboxylic acids is 4. The van der Waals surface area contributed by atoms with Gasteiger partial charge >= 0.3 is 29.9 Å². The number of nitrogens with zero attached hydrogens (tertiary/aromatic N) is 8. The molecule has 0 saturated carbocycles. The third-order valence-electron chi connectivity index (χ3n) is 11.1. The molecule has 0 aliphatic carbocycles. The largest absolute Gasteiger partial charge is 0.481 e. The zero-order valence-electron chi connectivity index (χ0n) is 34.7. The Bertz CT molecular complexity index is 1820. The Balaban J connectivity index is 1.22. The van der Waals surface area contributed by atoms with Crippen LogP contribution in [0.25, 0.3) is 0 Å². The van der Waals surface area contributed by atoms with E-state index in [9.17, 15) is 49.2 Å². The summed E-state index contributed by atoms with van der Waals surface area (Å²) in [6.07, 6.45) is 4.11. The number of nitrogens with one attached hydrogen (secondary N) is 2. The number of ether oxygens (including phenoxy) is 1. The normalized spacial score (nSPS) is 18.0. The van der Waals surface area contributed by atoms with Crippen LogP contribution in [0.3, 0.4) is 0 Å². The van der Waals surface area contributed by atoms with Crippen LogP contribution >= 0.6 is 0 Å². The van der Waals surface area contributed by atoms with E-state index in [0.29, 0.717) is 70.1 Å². The van der Waals surface area contributed by atoms with Crippen LogP contribution in [0.15, 0.2) is 24.4 Å². The van der Waals surface area contributed by atoms with Gasteiger partial charge in [-0.15, -0.1) is 0 Å². The molecule has 334 valence electrons. The van der Waals surface area contributed by atoms with E-state index >= 15 is 0 Å². The number of aromatic nitrogens is 2. The van der Waals surface area contributed by atoms with Crippen LogP contribution in [0.4, 0.5) is 10.6 Å². The van der Waals surface area contributed by atoms with Gasteiger partial charge in [-0.2, -0.15) is 0 Å². The van der Waals surface area contributed by atoms with E-state index < -0.39 is 29.9 Å². The molecule has 0 bridgehead atoms. The highest BCUT2D eigenvalue weighted by Gasteiger charge is 2.35. The molecule has 3 aliphatic heterocycles. The fourth-order valence-electron chi connectivity index (χ4n) is 7.90. The predicted octanol–water partition coefficient (Wildman–Crippen LogP) is -0.179. The Labute approximate surface area is 354 Å². The van der Waals surface area contributed by atoms with Gasteiger partial charge in [0.1, 0.15) is 5.82 Å². The van der Waals surface area contributed by atoms with Gasteiger partial charge in [0.15, 0.2) is 0 Å². The lowest BCUT2D eigenvalue weighted by molar-refractivity contribution is -0.140. The number of methoxy groups -OCH3 is 1. The van der Waals surface area contributed by atoms with Gasteiger partial charge in [0.25, 0.3) is 0 Å². The number of carboxylic acids is 4. The number of hydrogen-bond donors (Lipinski definition) is 6. The maximum Gasteiger partial charge on any atom is 0.320 e. The van der Waals surface area contributed by atoms with E-state index in [-0.39, 0.29) is 77.3 Å². The second kappa shape index (κ2) is 22.8. The Morgan fingerprint density at radius 3 is 1.92 bits per heavy atom. The molecule has 2 aromatic rings. The minimum absolute atomic E-state index is 0.0226. The van der Waals surface area contributed by atoms with Crippen LogP contribution in [0.5, 0.6) is 5.88 Å². The van der Waals surface area contributed by atoms with Crippen molar-refractivity contribution >= 4 is 41.6 Å². The molecule has 2 saturated heterocycles. The Morgan fingerprint density at radius 1 is 0.803 bits per heavy atom. The van der Waals surface area contributed by atoms with Gasteiger partial charge < -0.3 is 45.6 Å².